The Balaban J connectivity index is 0.000000271. The number of aromatic nitrogens is 4. The van der Waals surface area contributed by atoms with Gasteiger partial charge in [-0.05, 0) is 85.0 Å². The van der Waals surface area contributed by atoms with Gasteiger partial charge in [-0.25, -0.2) is 0 Å². The largest absolute Gasteiger partial charge is 0.501 e. The Morgan fingerprint density at radius 1 is 0.690 bits per heavy atom. The van der Waals surface area contributed by atoms with Gasteiger partial charge in [0.2, 0.25) is 0 Å². The molecule has 0 bridgehead atoms. The number of carboxylic acid groups (broad SMARTS) is 1. The molecule has 0 aliphatic rings. The van der Waals surface area contributed by atoms with Crippen LogP contribution in [0.1, 0.15) is 114 Å². The number of hydrogen-bond donors (Lipinski definition) is 1. The molecule has 4 heterocycles. The van der Waals surface area contributed by atoms with Crippen molar-refractivity contribution in [2.45, 2.75) is 91.9 Å². The summed E-state index contributed by atoms with van der Waals surface area (Å²) >= 11 is 0. The Bertz CT molecular complexity index is 3530. The number of benzene rings is 6. The van der Waals surface area contributed by atoms with Crippen molar-refractivity contribution in [3.05, 3.63) is 192 Å². The van der Waals surface area contributed by atoms with Gasteiger partial charge in [0.15, 0.2) is 0 Å². The molecule has 0 atom stereocenters. The summed E-state index contributed by atoms with van der Waals surface area (Å²) < 4.78 is 23.1. The molecule has 0 unspecified atom stereocenters. The molecule has 71 heavy (non-hydrogen) atoms. The molecule has 10 rings (SSSR count). The van der Waals surface area contributed by atoms with Crippen molar-refractivity contribution < 1.29 is 38.8 Å². The maximum absolute atomic E-state index is 13.9. The maximum atomic E-state index is 13.9. The van der Waals surface area contributed by atoms with Crippen molar-refractivity contribution >= 4 is 38.9 Å². The van der Waals surface area contributed by atoms with Gasteiger partial charge >= 0.3 is 0 Å². The number of pyridine rings is 2. The Kier molecular flexibility index (Phi) is 14.2. The zero-order valence-corrected chi connectivity index (χ0v) is 44.2. The molecule has 0 saturated carbocycles. The number of carboxylic acids is 1. The minimum atomic E-state index is -1.18. The predicted octanol–water partition coefficient (Wildman–Crippen LogP) is 16.3. The topological polar surface area (TPSA) is 94.0 Å². The summed E-state index contributed by atoms with van der Waals surface area (Å²) in [6, 6.07) is 48.6. The molecule has 0 saturated heterocycles. The molecule has 0 aliphatic heterocycles. The summed E-state index contributed by atoms with van der Waals surface area (Å²) in [6.07, 6.45) is 5.64. The summed E-state index contributed by atoms with van der Waals surface area (Å²) in [5.41, 5.74) is 15.3. The molecular formula is C62H57FIrN4O3-2. The van der Waals surface area contributed by atoms with Crippen molar-refractivity contribution in [1.82, 2.24) is 19.5 Å². The molecule has 4 aromatic heterocycles. The van der Waals surface area contributed by atoms with Crippen LogP contribution in [-0.2, 0) is 30.9 Å². The van der Waals surface area contributed by atoms with Gasteiger partial charge in [0.25, 0.3) is 5.97 Å². The van der Waals surface area contributed by atoms with Crippen LogP contribution in [0.2, 0.25) is 0 Å². The van der Waals surface area contributed by atoms with E-state index in [-0.39, 0.29) is 42.1 Å². The number of halogens is 1. The van der Waals surface area contributed by atoms with Crippen LogP contribution >= 0.6 is 0 Å². The van der Waals surface area contributed by atoms with E-state index in [0.29, 0.717) is 17.5 Å². The first-order chi connectivity index (χ1) is 33.4. The van der Waals surface area contributed by atoms with Gasteiger partial charge in [-0.2, -0.15) is 0 Å². The number of hydrogen-bond acceptors (Lipinski definition) is 5. The van der Waals surface area contributed by atoms with Crippen molar-refractivity contribution in [2.24, 2.45) is 0 Å². The Labute approximate surface area is 429 Å². The number of fused-ring (bicyclic) bond motifs is 4. The van der Waals surface area contributed by atoms with Crippen LogP contribution in [0.5, 0.6) is 0 Å². The molecule has 1 radical (unpaired) electrons. The molecule has 7 nitrogen and oxygen atoms in total. The number of nitrogens with zero attached hydrogens (tertiary/aromatic N) is 4. The third-order valence-electron chi connectivity index (χ3n) is 12.9. The first-order valence-electron chi connectivity index (χ1n) is 23.8. The van der Waals surface area contributed by atoms with Crippen LogP contribution in [-0.4, -0.2) is 30.6 Å². The second kappa shape index (κ2) is 20.0. The monoisotopic (exact) mass is 1120 g/mol. The Morgan fingerprint density at radius 2 is 1.35 bits per heavy atom. The molecule has 10 aromatic rings. The van der Waals surface area contributed by atoms with Gasteiger partial charge in [-0.3, -0.25) is 19.2 Å². The van der Waals surface area contributed by atoms with Crippen LogP contribution in [0.3, 0.4) is 0 Å². The Hall–Kier alpha value is -7.06. The predicted molar refractivity (Wildman–Crippen MR) is 282 cm³/mol. The average Bonchev–Trinajstić information content (AvgIpc) is 3.92. The van der Waals surface area contributed by atoms with Crippen molar-refractivity contribution in [2.75, 3.05) is 0 Å². The molecule has 1 N–H and O–H groups in total. The Morgan fingerprint density at radius 3 is 1.97 bits per heavy atom. The van der Waals surface area contributed by atoms with E-state index in [1.165, 1.54) is 34.0 Å². The van der Waals surface area contributed by atoms with Gasteiger partial charge in [0.05, 0.1) is 28.6 Å². The molecular weight excluding hydrogens is 1060 g/mol. The quantitative estimate of drug-likeness (QED) is 0.152. The smallest absolute Gasteiger partial charge is 0.292 e. The van der Waals surface area contributed by atoms with E-state index in [0.717, 1.165) is 72.7 Å². The summed E-state index contributed by atoms with van der Waals surface area (Å²) in [5.74, 6) is -0.396. The summed E-state index contributed by atoms with van der Waals surface area (Å²) in [4.78, 5) is 25.3. The zero-order valence-electron chi connectivity index (χ0n) is 41.8. The third kappa shape index (κ3) is 9.99. The van der Waals surface area contributed by atoms with E-state index in [1.54, 1.807) is 12.3 Å². The average molecular weight is 1120 g/mol. The number of aromatic carboxylic acids is 1. The van der Waals surface area contributed by atoms with Crippen molar-refractivity contribution in [3.63, 3.8) is 0 Å². The number of furan rings is 1. The summed E-state index contributed by atoms with van der Waals surface area (Å²) in [5, 5.41) is 10.9. The van der Waals surface area contributed by atoms with Crippen LogP contribution in [0.15, 0.2) is 150 Å². The molecule has 6 aromatic carbocycles. The normalized spacial score (nSPS) is 11.8. The van der Waals surface area contributed by atoms with Crippen LogP contribution in [0.4, 0.5) is 4.39 Å². The van der Waals surface area contributed by atoms with Crippen LogP contribution in [0.25, 0.3) is 83.6 Å². The minimum absolute atomic E-state index is 0. The van der Waals surface area contributed by atoms with Crippen LogP contribution < -0.4 is 0 Å². The van der Waals surface area contributed by atoms with Gasteiger partial charge in [0.1, 0.15) is 5.58 Å². The fourth-order valence-electron chi connectivity index (χ4n) is 9.08. The molecule has 361 valence electrons. The summed E-state index contributed by atoms with van der Waals surface area (Å²) in [7, 11) is 0. The second-order valence-corrected chi connectivity index (χ2v) is 20.6. The number of rotatable bonds is 8. The fourth-order valence-corrected chi connectivity index (χ4v) is 9.08. The fraction of sp³-hybridized carbons (Fsp3) is 0.226. The van der Waals surface area contributed by atoms with Gasteiger partial charge in [-0.15, -0.1) is 30.3 Å². The maximum Gasteiger partial charge on any atom is 0.292 e. The first-order valence-corrected chi connectivity index (χ1v) is 23.8. The zero-order chi connectivity index (χ0) is 49.6. The van der Waals surface area contributed by atoms with Gasteiger partial charge in [0, 0.05) is 55.0 Å². The minimum Gasteiger partial charge on any atom is -0.501 e. The molecule has 0 spiro atoms. The number of imidazole rings is 1. The SMILES string of the molecule is CC(C)(C)c1ccc(-c2[c-]cc(C(=O)O)cc2F)nc1.CC(C)c1cccc(C(C)C)c1-n1c(-c2[c-]ccc3c2oc2cc(-c4cccc(-c5ccccc5)c4)ccc23)nc2c(C(C)(C)C)cncc21.[Ir]. The van der Waals surface area contributed by atoms with Crippen molar-refractivity contribution in [3.8, 4) is 50.6 Å². The number of carbonyl (C=O) groups is 1. The van der Waals surface area contributed by atoms with E-state index in [2.05, 4.69) is 188 Å². The van der Waals surface area contributed by atoms with E-state index < -0.39 is 11.8 Å². The van der Waals surface area contributed by atoms with Crippen LogP contribution in [0, 0.1) is 17.9 Å². The number of para-hydroxylation sites is 1. The van der Waals surface area contributed by atoms with E-state index in [9.17, 15) is 9.18 Å². The second-order valence-electron chi connectivity index (χ2n) is 20.6. The molecule has 0 fully saturated rings. The first kappa shape index (κ1) is 50.3. The van der Waals surface area contributed by atoms with Gasteiger partial charge < -0.3 is 19.1 Å². The molecule has 0 aliphatic carbocycles. The van der Waals surface area contributed by atoms with E-state index >= 15 is 0 Å². The van der Waals surface area contributed by atoms with E-state index in [1.807, 2.05) is 24.5 Å². The summed E-state index contributed by atoms with van der Waals surface area (Å²) in [6.45, 7) is 21.9. The molecule has 9 heteroatoms. The third-order valence-corrected chi connectivity index (χ3v) is 12.9. The van der Waals surface area contributed by atoms with Gasteiger partial charge in [-0.1, -0.05) is 183 Å². The standard InChI is InChI=1S/C46H42N3O.C16H15FNO2.Ir/c1-28(2)34-18-12-19-35(29(3)4)43(34)49-40-27-47-26-39(46(5,6)7)42(40)48-45(49)38-21-13-20-37-36-23-22-33(25-41(36)50-44(37)38)32-17-11-16-31(24-32)30-14-9-8-10-15-30;1-16(2,3)11-5-7-14(18-9-11)12-6-4-10(15(19)20)8-13(12)17;/h8-20,22-29H,1-7H3;4-5,7-9H,1-3H3,(H,19,20);/q2*-1;. The van der Waals surface area contributed by atoms with E-state index in [4.69, 9.17) is 19.5 Å². The molecule has 0 amide bonds. The van der Waals surface area contributed by atoms with Crippen molar-refractivity contribution in [1.29, 1.82) is 0 Å².